The normalized spacial score (nSPS) is 14.7. The molecule has 0 aromatic heterocycles. The third-order valence-corrected chi connectivity index (χ3v) is 5.77. The first-order chi connectivity index (χ1) is 14.0. The Labute approximate surface area is 173 Å². The topological polar surface area (TPSA) is 43.9 Å². The van der Waals surface area contributed by atoms with E-state index in [0.717, 1.165) is 49.5 Å². The molecule has 2 aromatic carbocycles. The molecular weight excluding hydrogens is 362 g/mol. The van der Waals surface area contributed by atoms with E-state index in [-0.39, 0.29) is 11.8 Å². The van der Waals surface area contributed by atoms with E-state index < -0.39 is 0 Å². The number of carbonyl (C=O) groups is 2. The second kappa shape index (κ2) is 9.70. The lowest BCUT2D eigenvalue weighted by molar-refractivity contribution is -0.132. The minimum absolute atomic E-state index is 0.0285. The van der Waals surface area contributed by atoms with Crippen molar-refractivity contribution in [3.8, 4) is 0 Å². The molecule has 2 aromatic rings. The Morgan fingerprint density at radius 2 is 1.62 bits per heavy atom. The van der Waals surface area contributed by atoms with Crippen LogP contribution in [-0.2, 0) is 16.1 Å². The van der Waals surface area contributed by atoms with Gasteiger partial charge in [-0.15, -0.1) is 0 Å². The maximum atomic E-state index is 12.7. The molecule has 0 aliphatic carbocycles. The molecule has 0 saturated carbocycles. The molecule has 0 radical (unpaired) electrons. The minimum Gasteiger partial charge on any atom is -0.340 e. The Hall–Kier alpha value is -2.66. The third-order valence-electron chi connectivity index (χ3n) is 5.77. The third kappa shape index (κ3) is 5.45. The van der Waals surface area contributed by atoms with E-state index in [1.165, 1.54) is 5.56 Å². The van der Waals surface area contributed by atoms with Gasteiger partial charge in [0.05, 0.1) is 0 Å². The summed E-state index contributed by atoms with van der Waals surface area (Å²) in [5, 5.41) is 0. The standard InChI is InChI=1S/C24H31N3O2/c1-19-8-7-11-23(20(19)2)27(21(3)28)13-12-24(29)26-16-14-25(15-17-26)18-22-9-5-4-6-10-22/h4-11H,12-18H2,1-3H3. The van der Waals surface area contributed by atoms with Crippen molar-refractivity contribution in [2.45, 2.75) is 33.7 Å². The maximum Gasteiger partial charge on any atom is 0.224 e. The lowest BCUT2D eigenvalue weighted by atomic mass is 10.1. The van der Waals surface area contributed by atoms with Crippen molar-refractivity contribution in [1.82, 2.24) is 9.80 Å². The molecule has 1 saturated heterocycles. The summed E-state index contributed by atoms with van der Waals surface area (Å²) >= 11 is 0. The zero-order chi connectivity index (χ0) is 20.8. The predicted molar refractivity (Wildman–Crippen MR) is 117 cm³/mol. The van der Waals surface area contributed by atoms with Crippen LogP contribution in [0.2, 0.25) is 0 Å². The summed E-state index contributed by atoms with van der Waals surface area (Å²) in [4.78, 5) is 31.0. The van der Waals surface area contributed by atoms with Crippen LogP contribution in [0.15, 0.2) is 48.5 Å². The lowest BCUT2D eigenvalue weighted by Gasteiger charge is -2.35. The molecule has 1 fully saturated rings. The second-order valence-electron chi connectivity index (χ2n) is 7.78. The number of nitrogens with zero attached hydrogens (tertiary/aromatic N) is 3. The monoisotopic (exact) mass is 393 g/mol. The van der Waals surface area contributed by atoms with Crippen molar-refractivity contribution in [2.75, 3.05) is 37.6 Å². The highest BCUT2D eigenvalue weighted by atomic mass is 16.2. The molecule has 0 unspecified atom stereocenters. The summed E-state index contributed by atoms with van der Waals surface area (Å²) in [6.45, 7) is 10.2. The van der Waals surface area contributed by atoms with Crippen LogP contribution in [0.3, 0.4) is 0 Å². The Bertz CT molecular complexity index is 842. The molecule has 0 atom stereocenters. The first kappa shape index (κ1) is 21.1. The van der Waals surface area contributed by atoms with E-state index in [1.54, 1.807) is 11.8 Å². The molecular formula is C24H31N3O2. The number of piperazine rings is 1. The van der Waals surface area contributed by atoms with Crippen molar-refractivity contribution in [1.29, 1.82) is 0 Å². The van der Waals surface area contributed by atoms with Gasteiger partial charge in [-0.05, 0) is 36.6 Å². The number of hydrogen-bond acceptors (Lipinski definition) is 3. The van der Waals surface area contributed by atoms with Gasteiger partial charge in [-0.2, -0.15) is 0 Å². The number of rotatable bonds is 6. The van der Waals surface area contributed by atoms with Crippen molar-refractivity contribution in [3.05, 3.63) is 65.2 Å². The van der Waals surface area contributed by atoms with Gasteiger partial charge in [0.25, 0.3) is 0 Å². The molecule has 29 heavy (non-hydrogen) atoms. The van der Waals surface area contributed by atoms with Crippen LogP contribution in [0, 0.1) is 13.8 Å². The Kier molecular flexibility index (Phi) is 7.04. The first-order valence-corrected chi connectivity index (χ1v) is 10.3. The van der Waals surface area contributed by atoms with Gasteiger partial charge in [-0.3, -0.25) is 14.5 Å². The molecule has 5 heteroatoms. The van der Waals surface area contributed by atoms with Gasteiger partial charge in [0.1, 0.15) is 0 Å². The first-order valence-electron chi connectivity index (χ1n) is 10.3. The smallest absolute Gasteiger partial charge is 0.224 e. The van der Waals surface area contributed by atoms with Crippen LogP contribution < -0.4 is 4.90 Å². The molecule has 154 valence electrons. The molecule has 3 rings (SSSR count). The van der Waals surface area contributed by atoms with E-state index in [1.807, 2.05) is 43.0 Å². The van der Waals surface area contributed by atoms with Crippen LogP contribution in [0.25, 0.3) is 0 Å². The molecule has 1 aliphatic rings. The Morgan fingerprint density at radius 3 is 2.28 bits per heavy atom. The van der Waals surface area contributed by atoms with Crippen molar-refractivity contribution in [3.63, 3.8) is 0 Å². The van der Waals surface area contributed by atoms with Crippen LogP contribution in [0.5, 0.6) is 0 Å². The fourth-order valence-corrected chi connectivity index (χ4v) is 3.84. The molecule has 0 bridgehead atoms. The minimum atomic E-state index is -0.0285. The lowest BCUT2D eigenvalue weighted by Crippen LogP contribution is -2.49. The summed E-state index contributed by atoms with van der Waals surface area (Å²) in [7, 11) is 0. The van der Waals surface area contributed by atoms with E-state index in [2.05, 4.69) is 29.2 Å². The van der Waals surface area contributed by atoms with Crippen molar-refractivity contribution >= 4 is 17.5 Å². The van der Waals surface area contributed by atoms with Crippen LogP contribution in [-0.4, -0.2) is 54.3 Å². The van der Waals surface area contributed by atoms with Gasteiger partial charge >= 0.3 is 0 Å². The second-order valence-corrected chi connectivity index (χ2v) is 7.78. The van der Waals surface area contributed by atoms with Gasteiger partial charge in [0.2, 0.25) is 11.8 Å². The Morgan fingerprint density at radius 1 is 0.931 bits per heavy atom. The summed E-state index contributed by atoms with van der Waals surface area (Å²) in [5.41, 5.74) is 4.44. The van der Waals surface area contributed by atoms with E-state index in [9.17, 15) is 9.59 Å². The van der Waals surface area contributed by atoms with Crippen LogP contribution >= 0.6 is 0 Å². The van der Waals surface area contributed by atoms with Gasteiger partial charge in [-0.1, -0.05) is 42.5 Å². The highest BCUT2D eigenvalue weighted by Gasteiger charge is 2.23. The predicted octanol–water partition coefficient (Wildman–Crippen LogP) is 3.39. The number of aryl methyl sites for hydroxylation is 1. The summed E-state index contributed by atoms with van der Waals surface area (Å²) in [6.07, 6.45) is 0.353. The molecule has 5 nitrogen and oxygen atoms in total. The summed E-state index contributed by atoms with van der Waals surface area (Å²) in [6, 6.07) is 16.4. The number of carbonyl (C=O) groups excluding carboxylic acids is 2. The molecule has 0 spiro atoms. The van der Waals surface area contributed by atoms with Crippen LogP contribution in [0.1, 0.15) is 30.0 Å². The highest BCUT2D eigenvalue weighted by Crippen LogP contribution is 2.23. The maximum absolute atomic E-state index is 12.7. The van der Waals surface area contributed by atoms with Crippen molar-refractivity contribution in [2.24, 2.45) is 0 Å². The van der Waals surface area contributed by atoms with Gasteiger partial charge in [-0.25, -0.2) is 0 Å². The SMILES string of the molecule is CC(=O)N(CCC(=O)N1CCN(Cc2ccccc2)CC1)c1cccc(C)c1C. The molecule has 2 amide bonds. The average Bonchev–Trinajstić information content (AvgIpc) is 2.72. The number of amides is 2. The molecule has 1 aliphatic heterocycles. The van der Waals surface area contributed by atoms with Crippen molar-refractivity contribution < 1.29 is 9.59 Å². The van der Waals surface area contributed by atoms with Gasteiger partial charge in [0, 0.05) is 58.3 Å². The van der Waals surface area contributed by atoms with E-state index in [4.69, 9.17) is 0 Å². The molecule has 1 heterocycles. The zero-order valence-corrected chi connectivity index (χ0v) is 17.7. The number of hydrogen-bond donors (Lipinski definition) is 0. The van der Waals surface area contributed by atoms with E-state index >= 15 is 0 Å². The zero-order valence-electron chi connectivity index (χ0n) is 17.7. The largest absolute Gasteiger partial charge is 0.340 e. The number of anilines is 1. The summed E-state index contributed by atoms with van der Waals surface area (Å²) in [5.74, 6) is 0.0973. The number of benzene rings is 2. The van der Waals surface area contributed by atoms with Gasteiger partial charge < -0.3 is 9.80 Å². The van der Waals surface area contributed by atoms with Crippen LogP contribution in [0.4, 0.5) is 5.69 Å². The quantitative estimate of drug-likeness (QED) is 0.756. The summed E-state index contributed by atoms with van der Waals surface area (Å²) < 4.78 is 0. The average molecular weight is 394 g/mol. The van der Waals surface area contributed by atoms with Gasteiger partial charge in [0.15, 0.2) is 0 Å². The fraction of sp³-hybridized carbons (Fsp3) is 0.417. The highest BCUT2D eigenvalue weighted by molar-refractivity contribution is 5.93. The molecule has 0 N–H and O–H groups in total. The van der Waals surface area contributed by atoms with E-state index in [0.29, 0.717) is 13.0 Å². The fourth-order valence-electron chi connectivity index (χ4n) is 3.84. The Balaban J connectivity index is 1.52.